The molecule has 0 saturated carbocycles. The van der Waals surface area contributed by atoms with E-state index in [2.05, 4.69) is 0 Å². The second kappa shape index (κ2) is 8.83. The number of methoxy groups -OCH3 is 1. The van der Waals surface area contributed by atoms with Crippen molar-refractivity contribution >= 4 is 16.9 Å². The van der Waals surface area contributed by atoms with Crippen LogP contribution in [0.2, 0.25) is 0 Å². The third-order valence-corrected chi connectivity index (χ3v) is 4.94. The Hall–Kier alpha value is -3.93. The molecule has 0 unspecified atom stereocenters. The molecule has 5 nitrogen and oxygen atoms in total. The molecule has 4 rings (SSSR count). The molecule has 1 heterocycles. The maximum atomic E-state index is 13.7. The molecule has 4 aromatic rings. The number of fused-ring (bicyclic) bond motifs is 1. The molecule has 0 fully saturated rings. The van der Waals surface area contributed by atoms with Crippen LogP contribution >= 0.6 is 0 Å². The number of nitrogens with zero attached hydrogens (tertiary/aromatic N) is 1. The van der Waals surface area contributed by atoms with Gasteiger partial charge in [0.05, 0.1) is 7.11 Å². The van der Waals surface area contributed by atoms with Gasteiger partial charge in [-0.15, -0.1) is 0 Å². The van der Waals surface area contributed by atoms with Gasteiger partial charge in [-0.2, -0.15) is 0 Å². The first-order valence-corrected chi connectivity index (χ1v) is 9.73. The van der Waals surface area contributed by atoms with Crippen LogP contribution in [0.3, 0.4) is 0 Å². The van der Waals surface area contributed by atoms with Gasteiger partial charge in [-0.1, -0.05) is 54.6 Å². The average Bonchev–Trinajstić information content (AvgIpc) is 2.78. The van der Waals surface area contributed by atoms with Crippen molar-refractivity contribution in [2.24, 2.45) is 0 Å². The summed E-state index contributed by atoms with van der Waals surface area (Å²) >= 11 is 0. The number of hydrogen-bond acceptors (Lipinski definition) is 4. The lowest BCUT2D eigenvalue weighted by atomic mass is 10.1. The summed E-state index contributed by atoms with van der Waals surface area (Å²) in [7, 11) is 1.48. The Labute approximate surface area is 178 Å². The predicted molar refractivity (Wildman–Crippen MR) is 115 cm³/mol. The zero-order valence-electron chi connectivity index (χ0n) is 16.9. The fraction of sp³-hybridized carbons (Fsp3) is 0.120. The molecule has 0 spiro atoms. The maximum absolute atomic E-state index is 13.7. The van der Waals surface area contributed by atoms with E-state index in [0.717, 1.165) is 5.56 Å². The van der Waals surface area contributed by atoms with Gasteiger partial charge in [-0.3, -0.25) is 4.79 Å². The third-order valence-electron chi connectivity index (χ3n) is 4.94. The molecule has 156 valence electrons. The van der Waals surface area contributed by atoms with Gasteiger partial charge >= 0.3 is 5.63 Å². The summed E-state index contributed by atoms with van der Waals surface area (Å²) in [6.45, 7) is 0.396. The van der Waals surface area contributed by atoms with Gasteiger partial charge in [-0.05, 0) is 35.4 Å². The van der Waals surface area contributed by atoms with E-state index in [9.17, 15) is 14.0 Å². The van der Waals surface area contributed by atoms with Gasteiger partial charge in [0.1, 0.15) is 11.4 Å². The molecule has 1 amide bonds. The summed E-state index contributed by atoms with van der Waals surface area (Å²) in [6, 6.07) is 22.1. The van der Waals surface area contributed by atoms with Crippen molar-refractivity contribution < 1.29 is 18.3 Å². The minimum Gasteiger partial charge on any atom is -0.493 e. The molecular formula is C25H20FNO4. The fourth-order valence-corrected chi connectivity index (χ4v) is 3.46. The molecule has 0 aliphatic rings. The Morgan fingerprint density at radius 3 is 2.39 bits per heavy atom. The van der Waals surface area contributed by atoms with E-state index in [0.29, 0.717) is 16.7 Å². The highest BCUT2D eigenvalue weighted by Gasteiger charge is 2.22. The largest absolute Gasteiger partial charge is 0.493 e. The van der Waals surface area contributed by atoms with Crippen molar-refractivity contribution in [3.63, 3.8) is 0 Å². The zero-order chi connectivity index (χ0) is 21.8. The van der Waals surface area contributed by atoms with E-state index in [1.54, 1.807) is 30.3 Å². The summed E-state index contributed by atoms with van der Waals surface area (Å²) in [5.41, 5.74) is 0.953. The molecule has 0 radical (unpaired) electrons. The van der Waals surface area contributed by atoms with Crippen molar-refractivity contribution in [2.75, 3.05) is 7.11 Å². The van der Waals surface area contributed by atoms with Gasteiger partial charge in [0, 0.05) is 18.5 Å². The Morgan fingerprint density at radius 1 is 0.935 bits per heavy atom. The van der Waals surface area contributed by atoms with Crippen LogP contribution in [-0.4, -0.2) is 17.9 Å². The normalized spacial score (nSPS) is 10.8. The van der Waals surface area contributed by atoms with E-state index >= 15 is 0 Å². The smallest absolute Gasteiger partial charge is 0.349 e. The lowest BCUT2D eigenvalue weighted by Crippen LogP contribution is -2.33. The Balaban J connectivity index is 1.74. The van der Waals surface area contributed by atoms with Crippen LogP contribution in [0.1, 0.15) is 21.5 Å². The molecular weight excluding hydrogens is 397 g/mol. The number of rotatable bonds is 6. The number of carbonyl (C=O) groups excluding carboxylic acids is 1. The maximum Gasteiger partial charge on any atom is 0.349 e. The number of ether oxygens (including phenoxy) is 1. The van der Waals surface area contributed by atoms with Crippen molar-refractivity contribution in [1.29, 1.82) is 0 Å². The highest BCUT2D eigenvalue weighted by Crippen LogP contribution is 2.25. The van der Waals surface area contributed by atoms with Gasteiger partial charge in [-0.25, -0.2) is 9.18 Å². The van der Waals surface area contributed by atoms with Crippen LogP contribution in [0.15, 0.2) is 88.1 Å². The molecule has 0 atom stereocenters. The van der Waals surface area contributed by atoms with Gasteiger partial charge in [0.2, 0.25) is 0 Å². The monoisotopic (exact) mass is 417 g/mol. The predicted octanol–water partition coefficient (Wildman–Crippen LogP) is 4.78. The Morgan fingerprint density at radius 2 is 1.65 bits per heavy atom. The van der Waals surface area contributed by atoms with E-state index in [1.165, 1.54) is 30.2 Å². The molecule has 0 aliphatic carbocycles. The highest BCUT2D eigenvalue weighted by atomic mass is 19.1. The molecule has 31 heavy (non-hydrogen) atoms. The molecule has 1 aromatic heterocycles. The quantitative estimate of drug-likeness (QED) is 0.424. The summed E-state index contributed by atoms with van der Waals surface area (Å²) in [5.74, 6) is -0.469. The molecule has 0 N–H and O–H groups in total. The molecule has 0 saturated heterocycles. The summed E-state index contributed by atoms with van der Waals surface area (Å²) in [5, 5.41) is 0.577. The Bertz CT molecular complexity index is 1280. The van der Waals surface area contributed by atoms with Gasteiger partial charge in [0.15, 0.2) is 11.3 Å². The van der Waals surface area contributed by atoms with E-state index in [4.69, 9.17) is 9.15 Å². The number of para-hydroxylation sites is 1. The van der Waals surface area contributed by atoms with Gasteiger partial charge in [0.25, 0.3) is 5.91 Å². The van der Waals surface area contributed by atoms with Crippen LogP contribution in [-0.2, 0) is 13.1 Å². The zero-order valence-corrected chi connectivity index (χ0v) is 16.9. The minimum atomic E-state index is -0.751. The van der Waals surface area contributed by atoms with Crippen LogP contribution < -0.4 is 10.4 Å². The summed E-state index contributed by atoms with van der Waals surface area (Å²) in [4.78, 5) is 27.6. The first-order valence-electron chi connectivity index (χ1n) is 9.73. The van der Waals surface area contributed by atoms with Crippen molar-refractivity contribution in [2.45, 2.75) is 13.1 Å². The van der Waals surface area contributed by atoms with Crippen LogP contribution in [0.5, 0.6) is 5.75 Å². The first kappa shape index (κ1) is 20.3. The topological polar surface area (TPSA) is 59.8 Å². The van der Waals surface area contributed by atoms with Crippen molar-refractivity contribution in [3.8, 4) is 5.75 Å². The number of amides is 1. The van der Waals surface area contributed by atoms with Crippen molar-refractivity contribution in [3.05, 3.63) is 112 Å². The van der Waals surface area contributed by atoms with E-state index in [1.807, 2.05) is 30.3 Å². The molecule has 0 bridgehead atoms. The van der Waals surface area contributed by atoms with Crippen LogP contribution in [0.4, 0.5) is 4.39 Å². The Kier molecular flexibility index (Phi) is 5.80. The van der Waals surface area contributed by atoms with Gasteiger partial charge < -0.3 is 14.1 Å². The minimum absolute atomic E-state index is 0.0897. The van der Waals surface area contributed by atoms with Crippen LogP contribution in [0, 0.1) is 5.82 Å². The van der Waals surface area contributed by atoms with Crippen molar-refractivity contribution in [1.82, 2.24) is 4.90 Å². The fourth-order valence-electron chi connectivity index (χ4n) is 3.46. The first-order chi connectivity index (χ1) is 15.0. The lowest BCUT2D eigenvalue weighted by Gasteiger charge is -2.23. The highest BCUT2D eigenvalue weighted by molar-refractivity contribution is 5.97. The van der Waals surface area contributed by atoms with E-state index in [-0.39, 0.29) is 30.1 Å². The molecule has 3 aromatic carbocycles. The summed E-state index contributed by atoms with van der Waals surface area (Å²) < 4.78 is 24.4. The average molecular weight is 417 g/mol. The second-order valence-electron chi connectivity index (χ2n) is 7.10. The third kappa shape index (κ3) is 4.48. The molecule has 0 aliphatic heterocycles. The van der Waals surface area contributed by atoms with E-state index < -0.39 is 11.5 Å². The SMILES string of the molecule is COc1cccc2cc(C(=O)N(Cc3ccccc3)Cc3cccc(F)c3)c(=O)oc12. The summed E-state index contributed by atoms with van der Waals surface area (Å²) in [6.07, 6.45) is 0. The number of hydrogen-bond donors (Lipinski definition) is 0. The van der Waals surface area contributed by atoms with Crippen LogP contribution in [0.25, 0.3) is 11.0 Å². The standard InChI is InChI=1S/C25H20FNO4/c1-30-22-12-6-10-19-14-21(25(29)31-23(19)22)24(28)27(15-17-7-3-2-4-8-17)16-18-9-5-11-20(26)13-18/h2-14H,15-16H2,1H3. The lowest BCUT2D eigenvalue weighted by molar-refractivity contribution is 0.0725. The molecule has 6 heteroatoms. The number of halogens is 1. The second-order valence-corrected chi connectivity index (χ2v) is 7.10. The number of benzene rings is 3. The number of carbonyl (C=O) groups is 1.